The van der Waals surface area contributed by atoms with Gasteiger partial charge >= 0.3 is 0 Å². The van der Waals surface area contributed by atoms with Crippen LogP contribution in [0, 0.1) is 21.4 Å². The molecule has 19 heavy (non-hydrogen) atoms. The van der Waals surface area contributed by atoms with Crippen LogP contribution in [0.5, 0.6) is 0 Å². The predicted molar refractivity (Wildman–Crippen MR) is 69.6 cm³/mol. The molecular weight excluding hydrogens is 248 g/mol. The van der Waals surface area contributed by atoms with E-state index < -0.39 is 4.92 Å². The molecule has 0 aromatic heterocycles. The maximum Gasteiger partial charge on any atom is 0.270 e. The van der Waals surface area contributed by atoms with Crippen LogP contribution in [0.4, 0.5) is 11.4 Å². The van der Waals surface area contributed by atoms with Crippen LogP contribution in [0.1, 0.15) is 18.9 Å². The fourth-order valence-electron chi connectivity index (χ4n) is 1.49. The molecule has 0 aliphatic rings. The van der Waals surface area contributed by atoms with Gasteiger partial charge in [-0.1, -0.05) is 0 Å². The van der Waals surface area contributed by atoms with Crippen molar-refractivity contribution in [2.24, 2.45) is 0 Å². The second-order valence-electron chi connectivity index (χ2n) is 3.73. The zero-order valence-corrected chi connectivity index (χ0v) is 10.5. The van der Waals surface area contributed by atoms with E-state index in [2.05, 4.69) is 10.6 Å². The minimum atomic E-state index is -0.556. The SMILES string of the molecule is CCNC(=O)CCNc1ccc([N+](=O)[O-])cc1C#N. The first kappa shape index (κ1) is 14.4. The van der Waals surface area contributed by atoms with E-state index in [9.17, 15) is 14.9 Å². The third kappa shape index (κ3) is 4.27. The van der Waals surface area contributed by atoms with Gasteiger partial charge in [-0.05, 0) is 13.0 Å². The molecule has 0 unspecified atom stereocenters. The van der Waals surface area contributed by atoms with E-state index in [1.54, 1.807) is 0 Å². The summed E-state index contributed by atoms with van der Waals surface area (Å²) in [4.78, 5) is 21.2. The number of nitro benzene ring substituents is 1. The molecular formula is C12H14N4O3. The van der Waals surface area contributed by atoms with Crippen LogP contribution in [-0.2, 0) is 4.79 Å². The molecule has 0 spiro atoms. The van der Waals surface area contributed by atoms with Gasteiger partial charge < -0.3 is 10.6 Å². The fraction of sp³-hybridized carbons (Fsp3) is 0.333. The van der Waals surface area contributed by atoms with Crippen LogP contribution < -0.4 is 10.6 Å². The van der Waals surface area contributed by atoms with Crippen LogP contribution in [0.2, 0.25) is 0 Å². The Morgan fingerprint density at radius 2 is 2.26 bits per heavy atom. The number of nitro groups is 1. The van der Waals surface area contributed by atoms with Crippen LogP contribution in [0.3, 0.4) is 0 Å². The molecule has 0 saturated heterocycles. The normalized spacial score (nSPS) is 9.47. The van der Waals surface area contributed by atoms with E-state index in [4.69, 9.17) is 5.26 Å². The molecule has 0 saturated carbocycles. The number of carbonyl (C=O) groups is 1. The zero-order valence-electron chi connectivity index (χ0n) is 10.5. The van der Waals surface area contributed by atoms with E-state index in [0.717, 1.165) is 0 Å². The van der Waals surface area contributed by atoms with Crippen LogP contribution in [0.25, 0.3) is 0 Å². The standard InChI is InChI=1S/C12H14N4O3/c1-2-14-12(17)5-6-15-11-4-3-10(16(18)19)7-9(11)8-13/h3-4,7,15H,2,5-6H2,1H3,(H,14,17). The molecule has 7 heteroatoms. The van der Waals surface area contributed by atoms with Crippen molar-refractivity contribution < 1.29 is 9.72 Å². The van der Waals surface area contributed by atoms with Crippen LogP contribution in [-0.4, -0.2) is 23.9 Å². The Balaban J connectivity index is 2.66. The largest absolute Gasteiger partial charge is 0.383 e. The summed E-state index contributed by atoms with van der Waals surface area (Å²) in [5.74, 6) is -0.0876. The Morgan fingerprint density at radius 3 is 2.84 bits per heavy atom. The van der Waals surface area contributed by atoms with Gasteiger partial charge in [0.25, 0.3) is 5.69 Å². The van der Waals surface area contributed by atoms with Crippen molar-refractivity contribution in [3.05, 3.63) is 33.9 Å². The van der Waals surface area contributed by atoms with Crippen LogP contribution in [0.15, 0.2) is 18.2 Å². The molecule has 0 aliphatic heterocycles. The molecule has 0 bridgehead atoms. The number of anilines is 1. The molecule has 0 radical (unpaired) electrons. The number of amides is 1. The van der Waals surface area contributed by atoms with Crippen molar-refractivity contribution >= 4 is 17.3 Å². The van der Waals surface area contributed by atoms with E-state index >= 15 is 0 Å². The molecule has 1 rings (SSSR count). The van der Waals surface area contributed by atoms with Crippen LogP contribution >= 0.6 is 0 Å². The minimum absolute atomic E-state index is 0.0876. The lowest BCUT2D eigenvalue weighted by molar-refractivity contribution is -0.384. The Bertz CT molecular complexity index is 522. The van der Waals surface area contributed by atoms with Gasteiger partial charge in [0, 0.05) is 31.6 Å². The first-order valence-corrected chi connectivity index (χ1v) is 5.77. The van der Waals surface area contributed by atoms with Gasteiger partial charge in [0.05, 0.1) is 16.2 Å². The highest BCUT2D eigenvalue weighted by atomic mass is 16.6. The highest BCUT2D eigenvalue weighted by Crippen LogP contribution is 2.21. The zero-order chi connectivity index (χ0) is 14.3. The molecule has 1 aromatic rings. The third-order valence-electron chi connectivity index (χ3n) is 2.38. The van der Waals surface area contributed by atoms with Crippen molar-refractivity contribution in [1.82, 2.24) is 5.32 Å². The van der Waals surface area contributed by atoms with Crippen molar-refractivity contribution in [3.8, 4) is 6.07 Å². The number of nitrogens with zero attached hydrogens (tertiary/aromatic N) is 2. The van der Waals surface area contributed by atoms with Gasteiger partial charge in [-0.25, -0.2) is 0 Å². The summed E-state index contributed by atoms with van der Waals surface area (Å²) >= 11 is 0. The second kappa shape index (κ2) is 6.96. The van der Waals surface area contributed by atoms with Crippen molar-refractivity contribution in [2.45, 2.75) is 13.3 Å². The number of rotatable bonds is 6. The van der Waals surface area contributed by atoms with E-state index in [-0.39, 0.29) is 23.6 Å². The number of carbonyl (C=O) groups excluding carboxylic acids is 1. The summed E-state index contributed by atoms with van der Waals surface area (Å²) in [6, 6.07) is 5.87. The number of non-ortho nitro benzene ring substituents is 1. The summed E-state index contributed by atoms with van der Waals surface area (Å²) in [5.41, 5.74) is 0.535. The number of nitriles is 1. The highest BCUT2D eigenvalue weighted by molar-refractivity contribution is 5.76. The molecule has 1 amide bonds. The average molecular weight is 262 g/mol. The molecule has 0 atom stereocenters. The topological polar surface area (TPSA) is 108 Å². The lowest BCUT2D eigenvalue weighted by atomic mass is 10.1. The average Bonchev–Trinajstić information content (AvgIpc) is 2.39. The van der Waals surface area contributed by atoms with Gasteiger partial charge in [0.15, 0.2) is 0 Å². The number of hydrogen-bond acceptors (Lipinski definition) is 5. The predicted octanol–water partition coefficient (Wildman–Crippen LogP) is 1.40. The van der Waals surface area contributed by atoms with Gasteiger partial charge in [0.2, 0.25) is 5.91 Å². The Kier molecular flexibility index (Phi) is 5.29. The van der Waals surface area contributed by atoms with Crippen molar-refractivity contribution in [3.63, 3.8) is 0 Å². The Labute approximate surface area is 110 Å². The fourth-order valence-corrected chi connectivity index (χ4v) is 1.49. The minimum Gasteiger partial charge on any atom is -0.383 e. The first-order chi connectivity index (χ1) is 9.08. The Morgan fingerprint density at radius 1 is 1.53 bits per heavy atom. The van der Waals surface area contributed by atoms with Gasteiger partial charge in [-0.15, -0.1) is 0 Å². The van der Waals surface area contributed by atoms with E-state index in [1.807, 2.05) is 13.0 Å². The highest BCUT2D eigenvalue weighted by Gasteiger charge is 2.10. The van der Waals surface area contributed by atoms with Gasteiger partial charge in [-0.3, -0.25) is 14.9 Å². The summed E-state index contributed by atoms with van der Waals surface area (Å²) < 4.78 is 0. The molecule has 100 valence electrons. The number of benzene rings is 1. The molecule has 7 nitrogen and oxygen atoms in total. The van der Waals surface area contributed by atoms with Gasteiger partial charge in [-0.2, -0.15) is 5.26 Å². The molecule has 0 fully saturated rings. The quantitative estimate of drug-likeness (QED) is 0.595. The number of hydrogen-bond donors (Lipinski definition) is 2. The smallest absolute Gasteiger partial charge is 0.270 e. The molecule has 2 N–H and O–H groups in total. The maximum atomic E-state index is 11.2. The van der Waals surface area contributed by atoms with Crippen molar-refractivity contribution in [2.75, 3.05) is 18.4 Å². The molecule has 0 heterocycles. The maximum absolute atomic E-state index is 11.2. The third-order valence-corrected chi connectivity index (χ3v) is 2.38. The first-order valence-electron chi connectivity index (χ1n) is 5.77. The second-order valence-corrected chi connectivity index (χ2v) is 3.73. The summed E-state index contributed by atoms with van der Waals surface area (Å²) in [5, 5.41) is 25.1. The Hall–Kier alpha value is -2.62. The lowest BCUT2D eigenvalue weighted by Gasteiger charge is -2.07. The summed E-state index contributed by atoms with van der Waals surface area (Å²) in [6.45, 7) is 2.76. The van der Waals surface area contributed by atoms with E-state index in [0.29, 0.717) is 18.8 Å². The molecule has 1 aromatic carbocycles. The van der Waals surface area contributed by atoms with Gasteiger partial charge in [0.1, 0.15) is 6.07 Å². The monoisotopic (exact) mass is 262 g/mol. The lowest BCUT2D eigenvalue weighted by Crippen LogP contribution is -2.24. The summed E-state index contributed by atoms with van der Waals surface area (Å²) in [6.07, 6.45) is 0.274. The molecule has 0 aliphatic carbocycles. The summed E-state index contributed by atoms with van der Waals surface area (Å²) in [7, 11) is 0. The number of nitrogens with one attached hydrogen (secondary N) is 2. The van der Waals surface area contributed by atoms with E-state index in [1.165, 1.54) is 18.2 Å². The van der Waals surface area contributed by atoms with Crippen molar-refractivity contribution in [1.29, 1.82) is 5.26 Å².